The average Bonchev–Trinajstić information content (AvgIpc) is 2.92. The zero-order valence-electron chi connectivity index (χ0n) is 16.1. The Balaban J connectivity index is 2.21. The molecule has 0 aliphatic rings. The van der Waals surface area contributed by atoms with Crippen molar-refractivity contribution in [1.29, 1.82) is 0 Å². The molecule has 0 fully saturated rings. The number of methoxy groups -OCH3 is 1. The molecule has 1 amide bonds. The second-order valence-electron chi connectivity index (χ2n) is 6.71. The van der Waals surface area contributed by atoms with Crippen LogP contribution in [0, 0.1) is 27.7 Å². The minimum absolute atomic E-state index is 0.0123. The minimum atomic E-state index is -0.380. The summed E-state index contributed by atoms with van der Waals surface area (Å²) in [6.07, 6.45) is 0. The number of esters is 1. The van der Waals surface area contributed by atoms with Crippen LogP contribution >= 0.6 is 11.3 Å². The first-order chi connectivity index (χ1) is 12.8. The van der Waals surface area contributed by atoms with E-state index in [0.29, 0.717) is 10.4 Å². The molecule has 3 aromatic rings. The van der Waals surface area contributed by atoms with Gasteiger partial charge in [-0.25, -0.2) is 0 Å². The van der Waals surface area contributed by atoms with Crippen LogP contribution in [-0.4, -0.2) is 23.6 Å². The van der Waals surface area contributed by atoms with E-state index in [9.17, 15) is 9.59 Å². The van der Waals surface area contributed by atoms with Crippen molar-refractivity contribution in [3.05, 3.63) is 63.0 Å². The van der Waals surface area contributed by atoms with Crippen LogP contribution in [0.15, 0.2) is 35.3 Å². The van der Waals surface area contributed by atoms with E-state index < -0.39 is 0 Å². The highest BCUT2D eigenvalue weighted by Gasteiger charge is 2.15. The number of ether oxygens (including phenoxy) is 1. The molecule has 0 bridgehead atoms. The fraction of sp³-hybridized carbons (Fsp3) is 0.286. The summed E-state index contributed by atoms with van der Waals surface area (Å²) in [7, 11) is 1.35. The number of benzene rings is 2. The maximum absolute atomic E-state index is 12.8. The number of rotatable bonds is 3. The number of thiazole rings is 1. The van der Waals surface area contributed by atoms with Gasteiger partial charge in [0.05, 0.1) is 17.3 Å². The Morgan fingerprint density at radius 2 is 1.74 bits per heavy atom. The van der Waals surface area contributed by atoms with Gasteiger partial charge in [0.15, 0.2) is 4.80 Å². The first-order valence-electron chi connectivity index (χ1n) is 8.64. The van der Waals surface area contributed by atoms with Crippen molar-refractivity contribution in [3.8, 4) is 0 Å². The first kappa shape index (κ1) is 19.0. The van der Waals surface area contributed by atoms with E-state index >= 15 is 0 Å². The quantitative estimate of drug-likeness (QED) is 0.647. The predicted molar refractivity (Wildman–Crippen MR) is 107 cm³/mol. The highest BCUT2D eigenvalue weighted by molar-refractivity contribution is 7.16. The number of hydrogen-bond donors (Lipinski definition) is 0. The molecule has 27 heavy (non-hydrogen) atoms. The van der Waals surface area contributed by atoms with Gasteiger partial charge in [-0.15, -0.1) is 0 Å². The molecule has 1 heterocycles. The van der Waals surface area contributed by atoms with Gasteiger partial charge in [0.1, 0.15) is 6.54 Å². The van der Waals surface area contributed by atoms with Crippen molar-refractivity contribution in [3.63, 3.8) is 0 Å². The van der Waals surface area contributed by atoms with Crippen molar-refractivity contribution in [2.24, 2.45) is 4.99 Å². The van der Waals surface area contributed by atoms with E-state index in [0.717, 1.165) is 32.5 Å². The summed E-state index contributed by atoms with van der Waals surface area (Å²) < 4.78 is 7.60. The molecule has 1 aromatic heterocycles. The number of aromatic nitrogens is 1. The maximum Gasteiger partial charge on any atom is 0.325 e. The summed E-state index contributed by atoms with van der Waals surface area (Å²) in [5.41, 5.74) is 5.61. The van der Waals surface area contributed by atoms with Crippen LogP contribution in [0.25, 0.3) is 10.2 Å². The number of aryl methyl sites for hydroxylation is 4. The van der Waals surface area contributed by atoms with Crippen molar-refractivity contribution < 1.29 is 14.3 Å². The van der Waals surface area contributed by atoms with Gasteiger partial charge in [0.25, 0.3) is 5.91 Å². The molecule has 0 aliphatic heterocycles. The molecule has 140 valence electrons. The van der Waals surface area contributed by atoms with Gasteiger partial charge in [-0.1, -0.05) is 35.1 Å². The molecule has 0 atom stereocenters. The number of hydrogen-bond acceptors (Lipinski definition) is 4. The van der Waals surface area contributed by atoms with Crippen LogP contribution < -0.4 is 4.80 Å². The third kappa shape index (κ3) is 3.85. The number of nitrogens with zero attached hydrogens (tertiary/aromatic N) is 2. The van der Waals surface area contributed by atoms with Crippen LogP contribution in [0.2, 0.25) is 0 Å². The van der Waals surface area contributed by atoms with Crippen LogP contribution in [-0.2, 0) is 16.1 Å². The van der Waals surface area contributed by atoms with Crippen molar-refractivity contribution in [2.45, 2.75) is 34.2 Å². The lowest BCUT2D eigenvalue weighted by Crippen LogP contribution is -2.22. The monoisotopic (exact) mass is 382 g/mol. The van der Waals surface area contributed by atoms with Gasteiger partial charge >= 0.3 is 5.97 Å². The van der Waals surface area contributed by atoms with E-state index in [4.69, 9.17) is 4.74 Å². The SMILES string of the molecule is COC(=O)Cn1c(=NC(=O)c2ccc(C)cc2C)sc2c(C)cc(C)cc21. The van der Waals surface area contributed by atoms with E-state index in [1.54, 1.807) is 10.6 Å². The summed E-state index contributed by atoms with van der Waals surface area (Å²) in [6.45, 7) is 7.92. The zero-order chi connectivity index (χ0) is 19.7. The normalized spacial score (nSPS) is 11.8. The Bertz CT molecular complexity index is 1120. The molecular weight excluding hydrogens is 360 g/mol. The molecule has 0 saturated heterocycles. The third-order valence-electron chi connectivity index (χ3n) is 4.44. The first-order valence-corrected chi connectivity index (χ1v) is 9.45. The van der Waals surface area contributed by atoms with Crippen LogP contribution in [0.3, 0.4) is 0 Å². The highest BCUT2D eigenvalue weighted by atomic mass is 32.1. The fourth-order valence-electron chi connectivity index (χ4n) is 3.14. The van der Waals surface area contributed by atoms with Crippen LogP contribution in [0.4, 0.5) is 0 Å². The molecule has 0 unspecified atom stereocenters. The molecule has 5 nitrogen and oxygen atoms in total. The average molecular weight is 382 g/mol. The molecule has 0 aliphatic carbocycles. The molecule has 6 heteroatoms. The maximum atomic E-state index is 12.8. The second kappa shape index (κ2) is 7.48. The van der Waals surface area contributed by atoms with E-state index in [-0.39, 0.29) is 18.4 Å². The number of carbonyl (C=O) groups is 2. The van der Waals surface area contributed by atoms with Crippen molar-refractivity contribution in [2.75, 3.05) is 7.11 Å². The molecule has 0 spiro atoms. The Morgan fingerprint density at radius 1 is 1.04 bits per heavy atom. The van der Waals surface area contributed by atoms with Gasteiger partial charge in [-0.2, -0.15) is 4.99 Å². The van der Waals surface area contributed by atoms with Gasteiger partial charge in [-0.05, 0) is 56.5 Å². The molecule has 0 N–H and O–H groups in total. The highest BCUT2D eigenvalue weighted by Crippen LogP contribution is 2.23. The molecule has 3 rings (SSSR count). The summed E-state index contributed by atoms with van der Waals surface area (Å²) >= 11 is 1.41. The lowest BCUT2D eigenvalue weighted by molar-refractivity contribution is -0.141. The molecule has 0 radical (unpaired) electrons. The summed E-state index contributed by atoms with van der Waals surface area (Å²) in [4.78, 5) is 29.6. The van der Waals surface area contributed by atoms with E-state index in [1.807, 2.05) is 45.9 Å². The number of amides is 1. The summed E-state index contributed by atoms with van der Waals surface area (Å²) in [5.74, 6) is -0.693. The Morgan fingerprint density at radius 3 is 2.41 bits per heavy atom. The topological polar surface area (TPSA) is 60.7 Å². The number of fused-ring (bicyclic) bond motifs is 1. The molecule has 0 saturated carbocycles. The molecular formula is C21H22N2O3S. The van der Waals surface area contributed by atoms with E-state index in [2.05, 4.69) is 11.1 Å². The van der Waals surface area contributed by atoms with Gasteiger partial charge < -0.3 is 9.30 Å². The van der Waals surface area contributed by atoms with Crippen LogP contribution in [0.1, 0.15) is 32.6 Å². The van der Waals surface area contributed by atoms with Gasteiger partial charge in [0, 0.05) is 5.56 Å². The van der Waals surface area contributed by atoms with Gasteiger partial charge in [0.2, 0.25) is 0 Å². The van der Waals surface area contributed by atoms with Crippen LogP contribution in [0.5, 0.6) is 0 Å². The number of carbonyl (C=O) groups excluding carboxylic acids is 2. The Hall–Kier alpha value is -2.73. The Kier molecular flexibility index (Phi) is 5.28. The second-order valence-corrected chi connectivity index (χ2v) is 7.69. The lowest BCUT2D eigenvalue weighted by atomic mass is 10.1. The minimum Gasteiger partial charge on any atom is -0.468 e. The molecule has 2 aromatic carbocycles. The summed E-state index contributed by atoms with van der Waals surface area (Å²) in [5, 5.41) is 0. The van der Waals surface area contributed by atoms with Crippen molar-refractivity contribution >= 4 is 33.4 Å². The van der Waals surface area contributed by atoms with Gasteiger partial charge in [-0.3, -0.25) is 9.59 Å². The zero-order valence-corrected chi connectivity index (χ0v) is 16.9. The standard InChI is InChI=1S/C21H22N2O3S/c1-12-6-7-16(14(3)8-12)20(25)22-21-23(11-18(24)26-5)17-10-13(2)9-15(4)19(17)27-21/h6-10H,11H2,1-5H3. The fourth-order valence-corrected chi connectivity index (χ4v) is 4.22. The Labute approximate surface area is 161 Å². The lowest BCUT2D eigenvalue weighted by Gasteiger charge is -2.06. The van der Waals surface area contributed by atoms with E-state index in [1.165, 1.54) is 18.4 Å². The largest absolute Gasteiger partial charge is 0.468 e. The predicted octanol–water partition coefficient (Wildman–Crippen LogP) is 3.85. The third-order valence-corrected chi connectivity index (χ3v) is 5.67. The summed E-state index contributed by atoms with van der Waals surface area (Å²) in [6, 6.07) is 9.74. The smallest absolute Gasteiger partial charge is 0.325 e. The van der Waals surface area contributed by atoms with Crippen molar-refractivity contribution in [1.82, 2.24) is 4.57 Å².